The van der Waals surface area contributed by atoms with Crippen molar-refractivity contribution in [3.05, 3.63) is 51.5 Å². The minimum atomic E-state index is -2.13. The van der Waals surface area contributed by atoms with Crippen LogP contribution in [0.3, 0.4) is 0 Å². The Bertz CT molecular complexity index is 997. The number of phenolic OH excluding ortho intramolecular Hbond substituents is 1. The maximum atomic E-state index is 13.1. The van der Waals surface area contributed by atoms with Crippen molar-refractivity contribution in [1.82, 2.24) is 0 Å². The molecule has 6 heteroatoms. The SMILES string of the molecule is CC[C@@H](C)/C=C(\C)C1=Cc2cc3c(c(O)c2CO1)C(=O)[C@](O)(CC(C)=O)C(OC)=C3. The first kappa shape index (κ1) is 21.8. The molecule has 2 N–H and O–H groups in total. The molecule has 160 valence electrons. The monoisotopic (exact) mass is 412 g/mol. The third-order valence-electron chi connectivity index (χ3n) is 5.72. The fraction of sp³-hybridized carbons (Fsp3) is 0.417. The van der Waals surface area contributed by atoms with Gasteiger partial charge in [-0.3, -0.25) is 9.59 Å². The molecule has 3 rings (SSSR count). The van der Waals surface area contributed by atoms with E-state index in [-0.39, 0.29) is 29.5 Å². The first-order chi connectivity index (χ1) is 14.1. The minimum Gasteiger partial charge on any atom is -0.507 e. The fourth-order valence-electron chi connectivity index (χ4n) is 3.91. The zero-order chi connectivity index (χ0) is 22.2. The number of carbonyl (C=O) groups is 2. The van der Waals surface area contributed by atoms with Gasteiger partial charge in [0.15, 0.2) is 5.60 Å². The summed E-state index contributed by atoms with van der Waals surface area (Å²) >= 11 is 0. The highest BCUT2D eigenvalue weighted by Crippen LogP contribution is 2.43. The molecule has 2 atom stereocenters. The lowest BCUT2D eigenvalue weighted by Crippen LogP contribution is -2.45. The Balaban J connectivity index is 2.13. The van der Waals surface area contributed by atoms with Gasteiger partial charge in [-0.15, -0.1) is 0 Å². The number of rotatable bonds is 6. The van der Waals surface area contributed by atoms with Gasteiger partial charge in [-0.25, -0.2) is 0 Å². The Morgan fingerprint density at radius 1 is 1.33 bits per heavy atom. The number of allylic oxidation sites excluding steroid dienone is 2. The Kier molecular flexibility index (Phi) is 5.90. The van der Waals surface area contributed by atoms with Gasteiger partial charge in [-0.2, -0.15) is 0 Å². The second kappa shape index (κ2) is 8.11. The molecule has 1 aliphatic heterocycles. The first-order valence-corrected chi connectivity index (χ1v) is 10.1. The van der Waals surface area contributed by atoms with Crippen molar-refractivity contribution in [3.63, 3.8) is 0 Å². The number of hydrogen-bond acceptors (Lipinski definition) is 6. The molecule has 30 heavy (non-hydrogen) atoms. The number of hydrogen-bond donors (Lipinski definition) is 2. The highest BCUT2D eigenvalue weighted by atomic mass is 16.5. The average molecular weight is 412 g/mol. The first-order valence-electron chi connectivity index (χ1n) is 10.1. The van der Waals surface area contributed by atoms with Crippen LogP contribution in [0.4, 0.5) is 0 Å². The summed E-state index contributed by atoms with van der Waals surface area (Å²) in [5, 5.41) is 21.8. The summed E-state index contributed by atoms with van der Waals surface area (Å²) in [6, 6.07) is 1.77. The van der Waals surface area contributed by atoms with Crippen LogP contribution in [0.25, 0.3) is 12.2 Å². The topological polar surface area (TPSA) is 93.1 Å². The number of ether oxygens (including phenoxy) is 2. The molecule has 0 aromatic heterocycles. The lowest BCUT2D eigenvalue weighted by molar-refractivity contribution is -0.120. The van der Waals surface area contributed by atoms with Crippen LogP contribution in [-0.4, -0.2) is 34.5 Å². The standard InChI is InChI=1S/C24H28O6/c1-6-13(2)7-14(3)19-9-16-8-17-10-20(29-5)24(28,11-15(4)25)23(27)21(17)22(26)18(16)12-30-19/h7-10,13,26,28H,6,11-12H2,1-5H3/b14-7+/t13-,24+/m1/s1. The second-order valence-corrected chi connectivity index (χ2v) is 8.07. The molecule has 1 aromatic rings. The summed E-state index contributed by atoms with van der Waals surface area (Å²) in [6.45, 7) is 7.62. The van der Waals surface area contributed by atoms with E-state index in [0.29, 0.717) is 22.8 Å². The van der Waals surface area contributed by atoms with E-state index in [0.717, 1.165) is 17.6 Å². The van der Waals surface area contributed by atoms with Gasteiger partial charge in [0.1, 0.15) is 29.7 Å². The average Bonchev–Trinajstić information content (AvgIpc) is 2.69. The third kappa shape index (κ3) is 3.67. The number of benzene rings is 1. The van der Waals surface area contributed by atoms with E-state index in [1.54, 1.807) is 6.07 Å². The van der Waals surface area contributed by atoms with Crippen LogP contribution in [0, 0.1) is 5.92 Å². The van der Waals surface area contributed by atoms with Crippen LogP contribution in [-0.2, 0) is 20.9 Å². The van der Waals surface area contributed by atoms with E-state index in [1.165, 1.54) is 20.1 Å². The van der Waals surface area contributed by atoms with E-state index in [4.69, 9.17) is 9.47 Å². The van der Waals surface area contributed by atoms with Gasteiger partial charge < -0.3 is 19.7 Å². The Hall–Kier alpha value is -2.86. The van der Waals surface area contributed by atoms with Crippen molar-refractivity contribution in [1.29, 1.82) is 0 Å². The summed E-state index contributed by atoms with van der Waals surface area (Å²) < 4.78 is 11.1. The van der Waals surface area contributed by atoms with E-state index in [2.05, 4.69) is 19.9 Å². The largest absolute Gasteiger partial charge is 0.507 e. The molecule has 0 radical (unpaired) electrons. The number of methoxy groups -OCH3 is 1. The maximum Gasteiger partial charge on any atom is 0.206 e. The molecule has 0 saturated heterocycles. The van der Waals surface area contributed by atoms with Crippen molar-refractivity contribution in [2.75, 3.05) is 7.11 Å². The highest BCUT2D eigenvalue weighted by molar-refractivity contribution is 6.13. The molecule has 2 aliphatic rings. The van der Waals surface area contributed by atoms with Gasteiger partial charge in [0.05, 0.1) is 12.7 Å². The molecule has 0 saturated carbocycles. The van der Waals surface area contributed by atoms with Gasteiger partial charge in [0, 0.05) is 12.0 Å². The van der Waals surface area contributed by atoms with Gasteiger partial charge in [0.2, 0.25) is 5.78 Å². The molecule has 1 aliphatic carbocycles. The van der Waals surface area contributed by atoms with Crippen LogP contribution in [0.15, 0.2) is 29.2 Å². The number of aromatic hydroxyl groups is 1. The summed E-state index contributed by atoms with van der Waals surface area (Å²) in [6.07, 6.45) is 6.08. The summed E-state index contributed by atoms with van der Waals surface area (Å²) in [5.74, 6) is -0.243. The predicted molar refractivity (Wildman–Crippen MR) is 114 cm³/mol. The lowest BCUT2D eigenvalue weighted by Gasteiger charge is -2.33. The van der Waals surface area contributed by atoms with Crippen LogP contribution in [0.1, 0.15) is 67.6 Å². The number of fused-ring (bicyclic) bond motifs is 2. The van der Waals surface area contributed by atoms with Crippen molar-refractivity contribution in [2.24, 2.45) is 5.92 Å². The van der Waals surface area contributed by atoms with E-state index < -0.39 is 17.8 Å². The van der Waals surface area contributed by atoms with Gasteiger partial charge in [0.25, 0.3) is 0 Å². The molecule has 0 bridgehead atoms. The minimum absolute atomic E-state index is 0.0151. The molecule has 1 heterocycles. The Morgan fingerprint density at radius 2 is 2.03 bits per heavy atom. The van der Waals surface area contributed by atoms with Crippen molar-refractivity contribution in [3.8, 4) is 5.75 Å². The summed E-state index contributed by atoms with van der Waals surface area (Å²) in [7, 11) is 1.34. The molecule has 6 nitrogen and oxygen atoms in total. The molecule has 0 spiro atoms. The second-order valence-electron chi connectivity index (χ2n) is 8.07. The number of Topliss-reactive ketones (excluding diaryl/α,β-unsaturated/α-hetero) is 2. The molecular weight excluding hydrogens is 384 g/mol. The normalized spacial score (nSPS) is 21.7. The van der Waals surface area contributed by atoms with Crippen molar-refractivity contribution in [2.45, 2.75) is 52.7 Å². The Labute approximate surface area is 176 Å². The summed E-state index contributed by atoms with van der Waals surface area (Å²) in [4.78, 5) is 24.8. The number of ketones is 2. The maximum absolute atomic E-state index is 13.1. The van der Waals surface area contributed by atoms with E-state index in [9.17, 15) is 19.8 Å². The van der Waals surface area contributed by atoms with Crippen molar-refractivity contribution >= 4 is 23.7 Å². The molecule has 0 unspecified atom stereocenters. The Morgan fingerprint density at radius 3 is 2.63 bits per heavy atom. The smallest absolute Gasteiger partial charge is 0.206 e. The number of aliphatic hydroxyl groups is 1. The van der Waals surface area contributed by atoms with Gasteiger partial charge in [-0.05, 0) is 54.7 Å². The lowest BCUT2D eigenvalue weighted by atomic mass is 9.78. The zero-order valence-corrected chi connectivity index (χ0v) is 18.0. The fourth-order valence-corrected chi connectivity index (χ4v) is 3.91. The quantitative estimate of drug-likeness (QED) is 0.729. The van der Waals surface area contributed by atoms with Crippen LogP contribution >= 0.6 is 0 Å². The van der Waals surface area contributed by atoms with Gasteiger partial charge in [-0.1, -0.05) is 26.3 Å². The van der Waals surface area contributed by atoms with E-state index in [1.807, 2.05) is 13.0 Å². The van der Waals surface area contributed by atoms with Crippen LogP contribution in [0.2, 0.25) is 0 Å². The highest BCUT2D eigenvalue weighted by Gasteiger charge is 2.48. The number of carbonyl (C=O) groups excluding carboxylic acids is 2. The summed E-state index contributed by atoms with van der Waals surface area (Å²) in [5.41, 5.74) is 0.494. The van der Waals surface area contributed by atoms with Crippen LogP contribution < -0.4 is 0 Å². The molecule has 1 aromatic carbocycles. The molecular formula is C24H28O6. The van der Waals surface area contributed by atoms with E-state index >= 15 is 0 Å². The zero-order valence-electron chi connectivity index (χ0n) is 18.0. The number of phenols is 1. The predicted octanol–water partition coefficient (Wildman–Crippen LogP) is 4.15. The third-order valence-corrected chi connectivity index (χ3v) is 5.72. The van der Waals surface area contributed by atoms with Crippen LogP contribution in [0.5, 0.6) is 5.75 Å². The molecule has 0 amide bonds. The van der Waals surface area contributed by atoms with Crippen molar-refractivity contribution < 1.29 is 29.3 Å². The molecule has 0 fully saturated rings. The van der Waals surface area contributed by atoms with Gasteiger partial charge >= 0.3 is 0 Å².